The molecule has 1 nitrogen and oxygen atoms in total. The van der Waals surface area contributed by atoms with E-state index < -0.39 is 11.6 Å². The molecule has 0 amide bonds. The summed E-state index contributed by atoms with van der Waals surface area (Å²) in [4.78, 5) is 0. The molecule has 3 rings (SSSR count). The van der Waals surface area contributed by atoms with E-state index in [1.54, 1.807) is 16.8 Å². The number of fused-ring (bicyclic) bond motifs is 1. The zero-order valence-corrected chi connectivity index (χ0v) is 8.90. The lowest BCUT2D eigenvalue weighted by Gasteiger charge is -2.07. The maximum absolute atomic E-state index is 13.7. The highest BCUT2D eigenvalue weighted by Crippen LogP contribution is 2.23. The lowest BCUT2D eigenvalue weighted by Crippen LogP contribution is -1.98. The largest absolute Gasteiger partial charge is 0.314 e. The molecule has 0 atom stereocenters. The number of rotatable bonds is 1. The van der Waals surface area contributed by atoms with Crippen molar-refractivity contribution in [2.24, 2.45) is 0 Å². The number of aromatic nitrogens is 1. The number of benzene rings is 2. The molecule has 0 spiro atoms. The molecule has 0 aliphatic rings. The van der Waals surface area contributed by atoms with E-state index in [0.717, 1.165) is 17.0 Å². The quantitative estimate of drug-likeness (QED) is 0.596. The lowest BCUT2D eigenvalue weighted by molar-refractivity contribution is 0.505. The highest BCUT2D eigenvalue weighted by molar-refractivity contribution is 5.81. The van der Waals surface area contributed by atoms with Crippen LogP contribution in [0.3, 0.4) is 0 Å². The minimum Gasteiger partial charge on any atom is -0.314 e. The van der Waals surface area contributed by atoms with Crippen molar-refractivity contribution < 1.29 is 8.78 Å². The van der Waals surface area contributed by atoms with Crippen molar-refractivity contribution in [1.29, 1.82) is 0 Å². The van der Waals surface area contributed by atoms with Gasteiger partial charge in [-0.1, -0.05) is 24.3 Å². The van der Waals surface area contributed by atoms with Gasteiger partial charge in [-0.15, -0.1) is 0 Å². The zero-order valence-electron chi connectivity index (χ0n) is 8.90. The van der Waals surface area contributed by atoms with Gasteiger partial charge < -0.3 is 4.57 Å². The van der Waals surface area contributed by atoms with Crippen LogP contribution in [0.2, 0.25) is 0 Å². The van der Waals surface area contributed by atoms with E-state index in [2.05, 4.69) is 0 Å². The molecule has 0 aliphatic carbocycles. The Morgan fingerprint density at radius 2 is 1.65 bits per heavy atom. The van der Waals surface area contributed by atoms with Gasteiger partial charge in [0.15, 0.2) is 11.6 Å². The molecular weight excluding hydrogens is 220 g/mol. The van der Waals surface area contributed by atoms with Crippen LogP contribution in [0.5, 0.6) is 0 Å². The van der Waals surface area contributed by atoms with Gasteiger partial charge in [0.05, 0.1) is 11.2 Å². The fourth-order valence-electron chi connectivity index (χ4n) is 1.97. The standard InChI is InChI=1S/C14H9F2N/c15-11-5-3-7-13(14(11)16)17-9-8-10-4-1-2-6-12(10)17/h1-9H. The van der Waals surface area contributed by atoms with E-state index in [4.69, 9.17) is 0 Å². The van der Waals surface area contributed by atoms with Crippen LogP contribution in [0.4, 0.5) is 8.78 Å². The second kappa shape index (κ2) is 3.70. The molecule has 17 heavy (non-hydrogen) atoms. The van der Waals surface area contributed by atoms with Gasteiger partial charge in [0.2, 0.25) is 0 Å². The van der Waals surface area contributed by atoms with E-state index >= 15 is 0 Å². The highest BCUT2D eigenvalue weighted by atomic mass is 19.2. The van der Waals surface area contributed by atoms with Crippen LogP contribution in [0.1, 0.15) is 0 Å². The third-order valence-electron chi connectivity index (χ3n) is 2.79. The average Bonchev–Trinajstić information content (AvgIpc) is 2.77. The summed E-state index contributed by atoms with van der Waals surface area (Å²) in [7, 11) is 0. The summed E-state index contributed by atoms with van der Waals surface area (Å²) in [5, 5.41) is 0.996. The van der Waals surface area contributed by atoms with Crippen molar-refractivity contribution in [2.75, 3.05) is 0 Å². The van der Waals surface area contributed by atoms with Crippen LogP contribution in [0.25, 0.3) is 16.6 Å². The summed E-state index contributed by atoms with van der Waals surface area (Å²) in [5.41, 5.74) is 1.09. The first-order valence-electron chi connectivity index (χ1n) is 5.28. The average molecular weight is 229 g/mol. The van der Waals surface area contributed by atoms with Gasteiger partial charge in [-0.3, -0.25) is 0 Å². The van der Waals surface area contributed by atoms with Gasteiger partial charge in [-0.2, -0.15) is 0 Å². The molecule has 0 aliphatic heterocycles. The molecule has 3 aromatic rings. The van der Waals surface area contributed by atoms with Crippen LogP contribution in [-0.2, 0) is 0 Å². The second-order valence-corrected chi connectivity index (χ2v) is 3.82. The number of nitrogens with zero attached hydrogens (tertiary/aromatic N) is 1. The van der Waals surface area contributed by atoms with Crippen molar-refractivity contribution in [2.45, 2.75) is 0 Å². The van der Waals surface area contributed by atoms with Crippen molar-refractivity contribution >= 4 is 10.9 Å². The Labute approximate surface area is 96.9 Å². The van der Waals surface area contributed by atoms with Crippen LogP contribution >= 0.6 is 0 Å². The predicted molar refractivity (Wildman–Crippen MR) is 63.2 cm³/mol. The zero-order chi connectivity index (χ0) is 11.8. The third kappa shape index (κ3) is 1.51. The molecule has 0 radical (unpaired) electrons. The van der Waals surface area contributed by atoms with Crippen LogP contribution in [0, 0.1) is 11.6 Å². The van der Waals surface area contributed by atoms with Gasteiger partial charge >= 0.3 is 0 Å². The van der Waals surface area contributed by atoms with Gasteiger partial charge in [0.25, 0.3) is 0 Å². The molecule has 2 aromatic carbocycles. The van der Waals surface area contributed by atoms with E-state index in [1.807, 2.05) is 30.3 Å². The van der Waals surface area contributed by atoms with Crippen LogP contribution in [0.15, 0.2) is 54.7 Å². The Kier molecular flexibility index (Phi) is 2.18. The molecule has 84 valence electrons. The lowest BCUT2D eigenvalue weighted by atomic mass is 10.2. The number of para-hydroxylation sites is 1. The molecule has 0 N–H and O–H groups in total. The summed E-state index contributed by atoms with van der Waals surface area (Å²) >= 11 is 0. The fourth-order valence-corrected chi connectivity index (χ4v) is 1.97. The van der Waals surface area contributed by atoms with E-state index in [9.17, 15) is 8.78 Å². The smallest absolute Gasteiger partial charge is 0.182 e. The first-order valence-corrected chi connectivity index (χ1v) is 5.28. The molecule has 3 heteroatoms. The number of hydrogen-bond acceptors (Lipinski definition) is 0. The topological polar surface area (TPSA) is 4.93 Å². The minimum atomic E-state index is -0.833. The third-order valence-corrected chi connectivity index (χ3v) is 2.79. The molecular formula is C14H9F2N. The summed E-state index contributed by atoms with van der Waals surface area (Å²) < 4.78 is 28.5. The van der Waals surface area contributed by atoms with Gasteiger partial charge in [-0.05, 0) is 29.7 Å². The molecule has 1 heterocycles. The van der Waals surface area contributed by atoms with Crippen molar-refractivity contribution in [1.82, 2.24) is 4.57 Å². The van der Waals surface area contributed by atoms with Crippen molar-refractivity contribution in [3.63, 3.8) is 0 Å². The van der Waals surface area contributed by atoms with Gasteiger partial charge in [0, 0.05) is 6.20 Å². The maximum atomic E-state index is 13.7. The second-order valence-electron chi connectivity index (χ2n) is 3.82. The Hall–Kier alpha value is -2.16. The SMILES string of the molecule is Fc1cccc(-n2ccc3ccccc32)c1F. The summed E-state index contributed by atoms with van der Waals surface area (Å²) in [6.07, 6.45) is 1.74. The first-order chi connectivity index (χ1) is 8.27. The molecule has 0 saturated carbocycles. The van der Waals surface area contributed by atoms with Gasteiger partial charge in [-0.25, -0.2) is 8.78 Å². The molecule has 0 fully saturated rings. The predicted octanol–water partition coefficient (Wildman–Crippen LogP) is 3.91. The normalized spacial score (nSPS) is 10.9. The molecule has 0 bridgehead atoms. The summed E-state index contributed by atoms with van der Waals surface area (Å²) in [6.45, 7) is 0. The summed E-state index contributed by atoms with van der Waals surface area (Å²) in [6, 6.07) is 13.6. The van der Waals surface area contributed by atoms with Gasteiger partial charge in [0.1, 0.15) is 0 Å². The number of halogens is 2. The highest BCUT2D eigenvalue weighted by Gasteiger charge is 2.10. The minimum absolute atomic E-state index is 0.228. The Morgan fingerprint density at radius 1 is 0.824 bits per heavy atom. The monoisotopic (exact) mass is 229 g/mol. The first kappa shape index (κ1) is 10.0. The summed E-state index contributed by atoms with van der Waals surface area (Å²) in [5.74, 6) is -1.66. The van der Waals surface area contributed by atoms with E-state index in [0.29, 0.717) is 0 Å². The van der Waals surface area contributed by atoms with E-state index in [1.165, 1.54) is 6.07 Å². The van der Waals surface area contributed by atoms with E-state index in [-0.39, 0.29) is 5.69 Å². The van der Waals surface area contributed by atoms with Crippen molar-refractivity contribution in [3.05, 3.63) is 66.4 Å². The maximum Gasteiger partial charge on any atom is 0.182 e. The fraction of sp³-hybridized carbons (Fsp3) is 0. The van der Waals surface area contributed by atoms with Crippen LogP contribution < -0.4 is 0 Å². The van der Waals surface area contributed by atoms with Crippen molar-refractivity contribution in [3.8, 4) is 5.69 Å². The molecule has 1 aromatic heterocycles. The molecule has 0 unspecified atom stereocenters. The Bertz CT molecular complexity index is 686. The Balaban J connectivity index is 2.31. The molecule has 0 saturated heterocycles. The van der Waals surface area contributed by atoms with Crippen LogP contribution in [-0.4, -0.2) is 4.57 Å². The Morgan fingerprint density at radius 3 is 2.53 bits per heavy atom. The number of hydrogen-bond donors (Lipinski definition) is 0.